The van der Waals surface area contributed by atoms with Gasteiger partial charge in [-0.05, 0) is 31.0 Å². The number of nitrogens with zero attached hydrogens (tertiary/aromatic N) is 3. The summed E-state index contributed by atoms with van der Waals surface area (Å²) in [7, 11) is 1.61. The molecule has 1 aliphatic heterocycles. The quantitative estimate of drug-likeness (QED) is 0.812. The zero-order valence-electron chi connectivity index (χ0n) is 14.1. The third-order valence-corrected chi connectivity index (χ3v) is 4.40. The minimum Gasteiger partial charge on any atom is -0.384 e. The summed E-state index contributed by atoms with van der Waals surface area (Å²) in [5.74, 6) is 0.690. The molecule has 0 spiro atoms. The highest BCUT2D eigenvalue weighted by molar-refractivity contribution is 6.33. The van der Waals surface area contributed by atoms with Crippen molar-refractivity contribution < 1.29 is 14.1 Å². The van der Waals surface area contributed by atoms with Gasteiger partial charge in [0, 0.05) is 32.2 Å². The van der Waals surface area contributed by atoms with Crippen molar-refractivity contribution in [2.24, 2.45) is 0 Å². The van der Waals surface area contributed by atoms with Crippen molar-refractivity contribution in [3.63, 3.8) is 0 Å². The van der Waals surface area contributed by atoms with Crippen molar-refractivity contribution in [3.8, 4) is 0 Å². The maximum absolute atomic E-state index is 12.3. The first kappa shape index (κ1) is 17.7. The van der Waals surface area contributed by atoms with Gasteiger partial charge < -0.3 is 19.5 Å². The Hall–Kier alpha value is -2.12. The van der Waals surface area contributed by atoms with Gasteiger partial charge in [-0.1, -0.05) is 16.8 Å². The van der Waals surface area contributed by atoms with Crippen LogP contribution in [0, 0.1) is 0 Å². The van der Waals surface area contributed by atoms with E-state index in [0.717, 1.165) is 18.8 Å². The van der Waals surface area contributed by atoms with Crippen LogP contribution in [0.15, 0.2) is 22.7 Å². The molecule has 1 N–H and O–H groups in total. The number of carbonyl (C=O) groups excluding carboxylic acids is 1. The van der Waals surface area contributed by atoms with Gasteiger partial charge in [-0.15, -0.1) is 0 Å². The normalized spacial score (nSPS) is 14.1. The van der Waals surface area contributed by atoms with Gasteiger partial charge in [0.25, 0.3) is 5.91 Å². The number of amides is 1. The van der Waals surface area contributed by atoms with Crippen molar-refractivity contribution in [2.45, 2.75) is 25.8 Å². The molecule has 8 heteroatoms. The molecule has 0 saturated carbocycles. The van der Waals surface area contributed by atoms with Crippen LogP contribution in [0.4, 0.5) is 5.69 Å². The Balaban J connectivity index is 1.57. The zero-order valence-corrected chi connectivity index (χ0v) is 14.9. The molecule has 1 saturated heterocycles. The lowest BCUT2D eigenvalue weighted by molar-refractivity contribution is 0.0946. The largest absolute Gasteiger partial charge is 0.384 e. The van der Waals surface area contributed by atoms with Crippen LogP contribution in [0.5, 0.6) is 0 Å². The van der Waals surface area contributed by atoms with Crippen LogP contribution in [0.1, 0.15) is 34.9 Å². The average Bonchev–Trinajstić information content (AvgIpc) is 3.29. The molecule has 2 aromatic rings. The fraction of sp³-hybridized carbons (Fsp3) is 0.471. The van der Waals surface area contributed by atoms with Gasteiger partial charge in [-0.2, -0.15) is 4.98 Å². The molecule has 1 fully saturated rings. The third kappa shape index (κ3) is 4.49. The lowest BCUT2D eigenvalue weighted by Gasteiger charge is -2.19. The van der Waals surface area contributed by atoms with Gasteiger partial charge in [-0.3, -0.25) is 4.79 Å². The SMILES string of the molecule is COCCc1noc(CNC(=O)c2ccc(N3CCCC3)c(Cl)c2)n1. The van der Waals surface area contributed by atoms with Crippen LogP contribution in [0.3, 0.4) is 0 Å². The van der Waals surface area contributed by atoms with Crippen LogP contribution in [0.2, 0.25) is 5.02 Å². The summed E-state index contributed by atoms with van der Waals surface area (Å²) in [4.78, 5) is 18.7. The molecule has 1 aromatic carbocycles. The van der Waals surface area contributed by atoms with E-state index in [9.17, 15) is 4.79 Å². The van der Waals surface area contributed by atoms with Crippen molar-refractivity contribution in [1.29, 1.82) is 0 Å². The van der Waals surface area contributed by atoms with E-state index >= 15 is 0 Å². The first-order valence-electron chi connectivity index (χ1n) is 8.30. The van der Waals surface area contributed by atoms with Gasteiger partial charge in [-0.25, -0.2) is 0 Å². The van der Waals surface area contributed by atoms with E-state index in [1.54, 1.807) is 19.2 Å². The lowest BCUT2D eigenvalue weighted by atomic mass is 10.2. The minimum absolute atomic E-state index is 0.171. The molecule has 0 bridgehead atoms. The summed E-state index contributed by atoms with van der Waals surface area (Å²) in [6.07, 6.45) is 2.92. The first-order chi connectivity index (χ1) is 12.2. The molecule has 134 valence electrons. The van der Waals surface area contributed by atoms with Gasteiger partial charge in [0.15, 0.2) is 5.82 Å². The Labute approximate surface area is 151 Å². The Morgan fingerprint density at radius 1 is 1.40 bits per heavy atom. The number of aromatic nitrogens is 2. The second-order valence-electron chi connectivity index (χ2n) is 5.89. The standard InChI is InChI=1S/C17H21ClN4O3/c1-24-9-6-15-20-16(25-21-15)11-19-17(23)12-4-5-14(13(18)10-12)22-7-2-3-8-22/h4-5,10H,2-3,6-9,11H2,1H3,(H,19,23). The molecule has 3 rings (SSSR count). The highest BCUT2D eigenvalue weighted by Gasteiger charge is 2.17. The van der Waals surface area contributed by atoms with Crippen molar-refractivity contribution in [2.75, 3.05) is 31.7 Å². The van der Waals surface area contributed by atoms with E-state index in [4.69, 9.17) is 20.9 Å². The molecule has 25 heavy (non-hydrogen) atoms. The predicted molar refractivity (Wildman–Crippen MR) is 93.9 cm³/mol. The van der Waals surface area contributed by atoms with Crippen molar-refractivity contribution in [1.82, 2.24) is 15.5 Å². The van der Waals surface area contributed by atoms with Gasteiger partial charge in [0.1, 0.15) is 0 Å². The van der Waals surface area contributed by atoms with E-state index in [0.29, 0.717) is 35.3 Å². The van der Waals surface area contributed by atoms with Gasteiger partial charge in [0.2, 0.25) is 5.89 Å². The van der Waals surface area contributed by atoms with Crippen LogP contribution < -0.4 is 10.2 Å². The topological polar surface area (TPSA) is 80.5 Å². The van der Waals surface area contributed by atoms with Crippen LogP contribution in [-0.2, 0) is 17.7 Å². The smallest absolute Gasteiger partial charge is 0.251 e. The third-order valence-electron chi connectivity index (χ3n) is 4.10. The Bertz CT molecular complexity index is 728. The Kier molecular flexibility index (Phi) is 5.88. The summed E-state index contributed by atoms with van der Waals surface area (Å²) in [5.41, 5.74) is 1.49. The highest BCUT2D eigenvalue weighted by Crippen LogP contribution is 2.29. The average molecular weight is 365 g/mol. The molecule has 0 unspecified atom stereocenters. The molecule has 1 aromatic heterocycles. The number of nitrogens with one attached hydrogen (secondary N) is 1. The summed E-state index contributed by atoms with van der Waals surface area (Å²) in [6, 6.07) is 5.38. The molecular weight excluding hydrogens is 344 g/mol. The number of methoxy groups -OCH3 is 1. The summed E-state index contributed by atoms with van der Waals surface area (Å²) >= 11 is 6.35. The zero-order chi connectivity index (χ0) is 17.6. The fourth-order valence-electron chi connectivity index (χ4n) is 2.78. The molecule has 1 amide bonds. The number of benzene rings is 1. The lowest BCUT2D eigenvalue weighted by Crippen LogP contribution is -2.23. The number of hydrogen-bond acceptors (Lipinski definition) is 6. The van der Waals surface area contributed by atoms with Gasteiger partial charge in [0.05, 0.1) is 23.9 Å². The van der Waals surface area contributed by atoms with Crippen LogP contribution >= 0.6 is 11.6 Å². The van der Waals surface area contributed by atoms with E-state index in [1.807, 2.05) is 6.07 Å². The molecule has 0 aliphatic carbocycles. The predicted octanol–water partition coefficient (Wildman–Crippen LogP) is 2.44. The summed E-state index contributed by atoms with van der Waals surface area (Å²) in [6.45, 7) is 2.71. The number of rotatable bonds is 7. The first-order valence-corrected chi connectivity index (χ1v) is 8.68. The van der Waals surface area contributed by atoms with E-state index in [-0.39, 0.29) is 12.5 Å². The Morgan fingerprint density at radius 3 is 2.92 bits per heavy atom. The van der Waals surface area contributed by atoms with Crippen LogP contribution in [-0.4, -0.2) is 42.9 Å². The molecule has 0 atom stereocenters. The van der Waals surface area contributed by atoms with Crippen LogP contribution in [0.25, 0.3) is 0 Å². The number of halogens is 1. The summed E-state index contributed by atoms with van der Waals surface area (Å²) in [5, 5.41) is 7.18. The molecule has 2 heterocycles. The second kappa shape index (κ2) is 8.31. The van der Waals surface area contributed by atoms with E-state index in [1.165, 1.54) is 12.8 Å². The second-order valence-corrected chi connectivity index (χ2v) is 6.30. The number of hydrogen-bond donors (Lipinski definition) is 1. The molecule has 0 radical (unpaired) electrons. The van der Waals surface area contributed by atoms with Crippen molar-refractivity contribution in [3.05, 3.63) is 40.5 Å². The maximum Gasteiger partial charge on any atom is 0.251 e. The number of anilines is 1. The van der Waals surface area contributed by atoms with E-state index < -0.39 is 0 Å². The highest BCUT2D eigenvalue weighted by atomic mass is 35.5. The molecular formula is C17H21ClN4O3. The van der Waals surface area contributed by atoms with Crippen molar-refractivity contribution >= 4 is 23.2 Å². The summed E-state index contributed by atoms with van der Waals surface area (Å²) < 4.78 is 10.1. The maximum atomic E-state index is 12.3. The fourth-order valence-corrected chi connectivity index (χ4v) is 3.08. The number of ether oxygens (including phenoxy) is 1. The Morgan fingerprint density at radius 2 is 2.20 bits per heavy atom. The minimum atomic E-state index is -0.230. The van der Waals surface area contributed by atoms with E-state index in [2.05, 4.69) is 20.4 Å². The monoisotopic (exact) mass is 364 g/mol. The molecule has 1 aliphatic rings. The molecule has 7 nitrogen and oxygen atoms in total. The number of carbonyl (C=O) groups is 1. The van der Waals surface area contributed by atoms with Gasteiger partial charge >= 0.3 is 0 Å².